The van der Waals surface area contributed by atoms with Crippen LogP contribution in [0.3, 0.4) is 0 Å². The van der Waals surface area contributed by atoms with E-state index in [4.69, 9.17) is 16.3 Å². The normalized spacial score (nSPS) is 13.8. The highest BCUT2D eigenvalue weighted by atomic mass is 35.5. The van der Waals surface area contributed by atoms with Crippen molar-refractivity contribution in [2.45, 2.75) is 59.5 Å². The second-order valence-corrected chi connectivity index (χ2v) is 4.47. The van der Waals surface area contributed by atoms with Crippen molar-refractivity contribution in [1.29, 1.82) is 0 Å². The predicted molar refractivity (Wildman–Crippen MR) is 77.2 cm³/mol. The average molecular weight is 257 g/mol. The lowest BCUT2D eigenvalue weighted by molar-refractivity contribution is 0.107. The maximum Gasteiger partial charge on any atom is 0.120 e. The molecule has 0 aliphatic heterocycles. The highest BCUT2D eigenvalue weighted by Gasteiger charge is 2.08. The lowest BCUT2D eigenvalue weighted by atomic mass is 10.1. The molecule has 0 unspecified atom stereocenters. The van der Waals surface area contributed by atoms with Crippen molar-refractivity contribution in [1.82, 2.24) is 0 Å². The maximum absolute atomic E-state index is 6.00. The summed E-state index contributed by atoms with van der Waals surface area (Å²) >= 11 is 6.00. The Kier molecular flexibility index (Phi) is 10.0. The maximum atomic E-state index is 6.00. The molecule has 0 aromatic heterocycles. The fourth-order valence-electron chi connectivity index (χ4n) is 1.60. The van der Waals surface area contributed by atoms with Crippen molar-refractivity contribution in [3.05, 3.63) is 35.1 Å². The molecule has 0 aromatic rings. The van der Waals surface area contributed by atoms with Gasteiger partial charge >= 0.3 is 0 Å². The van der Waals surface area contributed by atoms with Gasteiger partial charge in [-0.1, -0.05) is 50.4 Å². The lowest BCUT2D eigenvalue weighted by Crippen LogP contribution is -2.11. The second kappa shape index (κ2) is 10.5. The summed E-state index contributed by atoms with van der Waals surface area (Å²) in [6, 6.07) is 0. The zero-order valence-corrected chi connectivity index (χ0v) is 12.3. The van der Waals surface area contributed by atoms with Crippen molar-refractivity contribution in [2.24, 2.45) is 0 Å². The van der Waals surface area contributed by atoms with Crippen molar-refractivity contribution in [2.75, 3.05) is 0 Å². The van der Waals surface area contributed by atoms with Gasteiger partial charge < -0.3 is 4.74 Å². The third kappa shape index (κ3) is 8.09. The van der Waals surface area contributed by atoms with Crippen molar-refractivity contribution >= 4 is 11.6 Å². The number of hydrogen-bond acceptors (Lipinski definition) is 1. The first kappa shape index (κ1) is 16.3. The smallest absolute Gasteiger partial charge is 0.120 e. The van der Waals surface area contributed by atoms with E-state index >= 15 is 0 Å². The van der Waals surface area contributed by atoms with E-state index in [1.165, 1.54) is 0 Å². The molecule has 0 N–H and O–H groups in total. The van der Waals surface area contributed by atoms with Crippen LogP contribution in [0.25, 0.3) is 0 Å². The first-order valence-electron chi connectivity index (χ1n) is 6.50. The van der Waals surface area contributed by atoms with E-state index in [1.54, 1.807) is 0 Å². The van der Waals surface area contributed by atoms with Gasteiger partial charge in [-0.3, -0.25) is 0 Å². The van der Waals surface area contributed by atoms with E-state index in [-0.39, 0.29) is 0 Å². The van der Waals surface area contributed by atoms with Crippen LogP contribution < -0.4 is 0 Å². The van der Waals surface area contributed by atoms with Crippen LogP contribution in [0.15, 0.2) is 35.1 Å². The number of allylic oxidation sites excluding steroid dienone is 5. The van der Waals surface area contributed by atoms with E-state index in [1.807, 2.05) is 38.2 Å². The van der Waals surface area contributed by atoms with Gasteiger partial charge in [0.2, 0.25) is 0 Å². The molecule has 0 aliphatic rings. The summed E-state index contributed by atoms with van der Waals surface area (Å²) < 4.78 is 5.99. The Labute approximate surface area is 111 Å². The number of hydrogen-bond donors (Lipinski definition) is 0. The Hall–Kier alpha value is -0.690. The molecule has 0 bridgehead atoms. The Morgan fingerprint density at radius 3 is 2.18 bits per heavy atom. The zero-order valence-electron chi connectivity index (χ0n) is 11.5. The van der Waals surface area contributed by atoms with E-state index in [0.717, 1.165) is 31.4 Å². The topological polar surface area (TPSA) is 9.23 Å². The van der Waals surface area contributed by atoms with Crippen molar-refractivity contribution in [3.63, 3.8) is 0 Å². The first-order valence-corrected chi connectivity index (χ1v) is 6.88. The average Bonchev–Trinajstić information content (AvgIpc) is 2.29. The summed E-state index contributed by atoms with van der Waals surface area (Å²) in [5, 5.41) is 0.713. The van der Waals surface area contributed by atoms with Crippen molar-refractivity contribution < 1.29 is 4.74 Å². The van der Waals surface area contributed by atoms with Gasteiger partial charge in [-0.05, 0) is 38.8 Å². The van der Waals surface area contributed by atoms with Gasteiger partial charge in [0.1, 0.15) is 5.76 Å². The molecule has 0 heterocycles. The fourth-order valence-corrected chi connectivity index (χ4v) is 1.71. The molecule has 0 fully saturated rings. The monoisotopic (exact) mass is 256 g/mol. The number of ether oxygens (including phenoxy) is 1. The molecule has 0 saturated heterocycles. The van der Waals surface area contributed by atoms with Crippen molar-refractivity contribution in [3.8, 4) is 0 Å². The Bertz CT molecular complexity index is 271. The van der Waals surface area contributed by atoms with Gasteiger partial charge in [0.25, 0.3) is 0 Å². The third-order valence-electron chi connectivity index (χ3n) is 2.41. The molecule has 17 heavy (non-hydrogen) atoms. The Morgan fingerprint density at radius 2 is 1.76 bits per heavy atom. The van der Waals surface area contributed by atoms with E-state index in [2.05, 4.69) is 13.8 Å². The molecule has 0 spiro atoms. The van der Waals surface area contributed by atoms with Crippen LogP contribution in [-0.2, 0) is 4.74 Å². The minimum atomic E-state index is 0.300. The van der Waals surface area contributed by atoms with Crippen LogP contribution in [0.1, 0.15) is 53.4 Å². The minimum Gasteiger partial charge on any atom is -0.490 e. The fraction of sp³-hybridized carbons (Fsp3) is 0.600. The van der Waals surface area contributed by atoms with Crippen LogP contribution >= 0.6 is 11.6 Å². The van der Waals surface area contributed by atoms with Gasteiger partial charge in [-0.25, -0.2) is 0 Å². The summed E-state index contributed by atoms with van der Waals surface area (Å²) in [6.07, 6.45) is 12.4. The summed E-state index contributed by atoms with van der Waals surface area (Å²) in [5.74, 6) is 0.850. The highest BCUT2D eigenvalue weighted by Crippen LogP contribution is 2.17. The second-order valence-electron chi connectivity index (χ2n) is 4.04. The molecule has 0 aromatic carbocycles. The molecular formula is C15H25ClO. The van der Waals surface area contributed by atoms with Crippen LogP contribution in [0.2, 0.25) is 0 Å². The van der Waals surface area contributed by atoms with Gasteiger partial charge in [0.15, 0.2) is 0 Å². The minimum absolute atomic E-state index is 0.300. The zero-order chi connectivity index (χ0) is 13.1. The van der Waals surface area contributed by atoms with Crippen LogP contribution in [0.5, 0.6) is 0 Å². The molecule has 0 saturated carbocycles. The van der Waals surface area contributed by atoms with Gasteiger partial charge in [-0.15, -0.1) is 0 Å². The molecule has 0 atom stereocenters. The first-order chi connectivity index (χ1) is 8.17. The molecular weight excluding hydrogens is 232 g/mol. The van der Waals surface area contributed by atoms with Gasteiger partial charge in [0.05, 0.1) is 6.10 Å². The SMILES string of the molecule is C\C=C/C(=C\C(Cl)=C/C)OC(CCC)CCC. The van der Waals surface area contributed by atoms with E-state index in [9.17, 15) is 0 Å². The summed E-state index contributed by atoms with van der Waals surface area (Å²) in [7, 11) is 0. The largest absolute Gasteiger partial charge is 0.490 e. The van der Waals surface area contributed by atoms with E-state index < -0.39 is 0 Å². The lowest BCUT2D eigenvalue weighted by Gasteiger charge is -2.18. The quantitative estimate of drug-likeness (QED) is 0.407. The molecule has 0 aliphatic carbocycles. The van der Waals surface area contributed by atoms with E-state index in [0.29, 0.717) is 11.1 Å². The highest BCUT2D eigenvalue weighted by molar-refractivity contribution is 6.31. The Morgan fingerprint density at radius 1 is 1.18 bits per heavy atom. The molecule has 0 amide bonds. The predicted octanol–water partition coefficient (Wildman–Crippen LogP) is 5.57. The molecule has 2 heteroatoms. The molecule has 0 rings (SSSR count). The van der Waals surface area contributed by atoms with Gasteiger partial charge in [0, 0.05) is 5.03 Å². The van der Waals surface area contributed by atoms with Crippen LogP contribution in [0.4, 0.5) is 0 Å². The van der Waals surface area contributed by atoms with Crippen LogP contribution in [-0.4, -0.2) is 6.10 Å². The van der Waals surface area contributed by atoms with Gasteiger partial charge in [-0.2, -0.15) is 0 Å². The van der Waals surface area contributed by atoms with Crippen LogP contribution in [0, 0.1) is 0 Å². The standard InChI is InChI=1S/C15H25ClO/c1-5-9-14(10-6-2)17-15(11-7-3)12-13(16)8-4/h7-8,11-12,14H,5-6,9-10H2,1-4H3/b11-7-,13-8+,15-12+. The Balaban J connectivity index is 4.65. The molecule has 0 radical (unpaired) electrons. The number of halogens is 1. The molecule has 1 nitrogen and oxygen atoms in total. The molecule has 98 valence electrons. The summed E-state index contributed by atoms with van der Waals surface area (Å²) in [4.78, 5) is 0. The summed E-state index contributed by atoms with van der Waals surface area (Å²) in [6.45, 7) is 8.27. The third-order valence-corrected chi connectivity index (χ3v) is 2.74. The summed E-state index contributed by atoms with van der Waals surface area (Å²) in [5.41, 5.74) is 0. The number of rotatable bonds is 8.